The van der Waals surface area contributed by atoms with E-state index in [0.29, 0.717) is 31.0 Å². The van der Waals surface area contributed by atoms with Crippen LogP contribution in [0.2, 0.25) is 5.02 Å². The lowest BCUT2D eigenvalue weighted by Crippen LogP contribution is -2.22. The molecule has 2 aromatic carbocycles. The number of amides is 1. The molecule has 5 heteroatoms. The Balaban J connectivity index is 1.62. The molecule has 0 aliphatic heterocycles. The molecule has 25 heavy (non-hydrogen) atoms. The van der Waals surface area contributed by atoms with Gasteiger partial charge in [-0.2, -0.15) is 0 Å². The summed E-state index contributed by atoms with van der Waals surface area (Å²) >= 11 is 5.82. The molecule has 2 aromatic rings. The Hall–Kier alpha value is -2.20. The minimum atomic E-state index is 0.0159. The summed E-state index contributed by atoms with van der Waals surface area (Å²) in [5.41, 5.74) is 1.04. The molecule has 0 aromatic heterocycles. The summed E-state index contributed by atoms with van der Waals surface area (Å²) in [5, 5.41) is 3.59. The zero-order valence-electron chi connectivity index (χ0n) is 14.6. The topological polar surface area (TPSA) is 47.6 Å². The van der Waals surface area contributed by atoms with Crippen LogP contribution in [0, 0.1) is 0 Å². The Labute approximate surface area is 154 Å². The molecular weight excluding hydrogens is 338 g/mol. The van der Waals surface area contributed by atoms with Crippen molar-refractivity contribution in [1.82, 2.24) is 5.32 Å². The van der Waals surface area contributed by atoms with Gasteiger partial charge in [-0.3, -0.25) is 4.79 Å². The normalized spacial score (nSPS) is 10.6. The van der Waals surface area contributed by atoms with Crippen LogP contribution in [0.5, 0.6) is 11.5 Å². The van der Waals surface area contributed by atoms with Gasteiger partial charge in [0.05, 0.1) is 12.7 Å². The van der Waals surface area contributed by atoms with Gasteiger partial charge in [0.1, 0.15) is 11.5 Å². The van der Waals surface area contributed by atoms with Gasteiger partial charge in [0, 0.05) is 18.0 Å². The summed E-state index contributed by atoms with van der Waals surface area (Å²) in [6.07, 6.45) is 1.25. The van der Waals surface area contributed by atoms with Crippen molar-refractivity contribution in [2.75, 3.05) is 6.61 Å². The number of rotatable bonds is 9. The van der Waals surface area contributed by atoms with E-state index in [1.165, 1.54) is 0 Å². The minimum Gasteiger partial charge on any atom is -0.494 e. The third kappa shape index (κ3) is 7.48. The molecule has 0 heterocycles. The number of halogens is 1. The largest absolute Gasteiger partial charge is 0.494 e. The molecule has 134 valence electrons. The first-order chi connectivity index (χ1) is 12.0. The molecule has 0 fully saturated rings. The van der Waals surface area contributed by atoms with E-state index in [9.17, 15) is 4.79 Å². The van der Waals surface area contributed by atoms with Gasteiger partial charge in [0.25, 0.3) is 0 Å². The van der Waals surface area contributed by atoms with Gasteiger partial charge in [-0.1, -0.05) is 23.7 Å². The van der Waals surface area contributed by atoms with E-state index in [2.05, 4.69) is 5.32 Å². The highest BCUT2D eigenvalue weighted by Crippen LogP contribution is 2.16. The van der Waals surface area contributed by atoms with Crippen LogP contribution in [-0.2, 0) is 11.3 Å². The third-order valence-corrected chi connectivity index (χ3v) is 3.67. The monoisotopic (exact) mass is 361 g/mol. The number of nitrogens with one attached hydrogen (secondary N) is 1. The van der Waals surface area contributed by atoms with Gasteiger partial charge < -0.3 is 14.8 Å². The van der Waals surface area contributed by atoms with E-state index in [1.54, 1.807) is 12.1 Å². The molecule has 1 amide bonds. The van der Waals surface area contributed by atoms with Crippen LogP contribution < -0.4 is 14.8 Å². The highest BCUT2D eigenvalue weighted by molar-refractivity contribution is 6.30. The average molecular weight is 362 g/mol. The number of hydrogen-bond donors (Lipinski definition) is 1. The maximum absolute atomic E-state index is 11.9. The second-order valence-electron chi connectivity index (χ2n) is 5.99. The lowest BCUT2D eigenvalue weighted by Gasteiger charge is -2.10. The van der Waals surface area contributed by atoms with Gasteiger partial charge >= 0.3 is 0 Å². The fourth-order valence-electron chi connectivity index (χ4n) is 2.20. The Morgan fingerprint density at radius 1 is 1.04 bits per heavy atom. The van der Waals surface area contributed by atoms with Crippen LogP contribution in [0.3, 0.4) is 0 Å². The molecule has 0 radical (unpaired) electrons. The van der Waals surface area contributed by atoms with E-state index in [-0.39, 0.29) is 12.0 Å². The van der Waals surface area contributed by atoms with Crippen LogP contribution in [-0.4, -0.2) is 18.6 Å². The summed E-state index contributed by atoms with van der Waals surface area (Å²) in [6, 6.07) is 14.9. The quantitative estimate of drug-likeness (QED) is 0.664. The first-order valence-electron chi connectivity index (χ1n) is 8.43. The van der Waals surface area contributed by atoms with Crippen LogP contribution in [0.25, 0.3) is 0 Å². The van der Waals surface area contributed by atoms with Crippen molar-refractivity contribution in [3.8, 4) is 11.5 Å². The molecule has 0 saturated carbocycles. The lowest BCUT2D eigenvalue weighted by molar-refractivity contribution is -0.121. The standard InChI is InChI=1S/C20H24ClNO3/c1-15(2)25-19-9-5-16(6-10-19)14-22-20(23)4-3-13-24-18-11-7-17(21)8-12-18/h5-12,15H,3-4,13-14H2,1-2H3,(H,22,23). The summed E-state index contributed by atoms with van der Waals surface area (Å²) in [5.74, 6) is 1.61. The molecule has 2 rings (SSSR count). The summed E-state index contributed by atoms with van der Waals surface area (Å²) in [6.45, 7) is 4.99. The van der Waals surface area contributed by atoms with Gasteiger partial charge in [-0.05, 0) is 62.2 Å². The Bertz CT molecular complexity index is 654. The molecule has 0 bridgehead atoms. The van der Waals surface area contributed by atoms with Crippen molar-refractivity contribution in [2.24, 2.45) is 0 Å². The van der Waals surface area contributed by atoms with Crippen LogP contribution in [0.4, 0.5) is 0 Å². The number of hydrogen-bond acceptors (Lipinski definition) is 3. The Kier molecular flexibility index (Phi) is 7.61. The van der Waals surface area contributed by atoms with Crippen molar-refractivity contribution in [1.29, 1.82) is 0 Å². The number of ether oxygens (including phenoxy) is 2. The summed E-state index contributed by atoms with van der Waals surface area (Å²) < 4.78 is 11.2. The first-order valence-corrected chi connectivity index (χ1v) is 8.81. The van der Waals surface area contributed by atoms with E-state index in [1.807, 2.05) is 50.2 Å². The van der Waals surface area contributed by atoms with Gasteiger partial charge in [0.15, 0.2) is 0 Å². The number of carbonyl (C=O) groups is 1. The zero-order chi connectivity index (χ0) is 18.1. The molecule has 0 aliphatic carbocycles. The Morgan fingerprint density at radius 2 is 1.68 bits per heavy atom. The predicted octanol–water partition coefficient (Wildman–Crippen LogP) is 4.60. The number of carbonyl (C=O) groups excluding carboxylic acids is 1. The second kappa shape index (κ2) is 9.94. The van der Waals surface area contributed by atoms with Crippen molar-refractivity contribution >= 4 is 17.5 Å². The predicted molar refractivity (Wildman–Crippen MR) is 100 cm³/mol. The van der Waals surface area contributed by atoms with Gasteiger partial charge in [-0.15, -0.1) is 0 Å². The average Bonchev–Trinajstić information content (AvgIpc) is 2.59. The summed E-state index contributed by atoms with van der Waals surface area (Å²) in [4.78, 5) is 11.9. The molecular formula is C20H24ClNO3. The minimum absolute atomic E-state index is 0.0159. The fraction of sp³-hybridized carbons (Fsp3) is 0.350. The summed E-state index contributed by atoms with van der Waals surface area (Å²) in [7, 11) is 0. The van der Waals surface area contributed by atoms with Crippen molar-refractivity contribution in [2.45, 2.75) is 39.3 Å². The fourth-order valence-corrected chi connectivity index (χ4v) is 2.33. The third-order valence-electron chi connectivity index (χ3n) is 3.42. The molecule has 4 nitrogen and oxygen atoms in total. The maximum Gasteiger partial charge on any atom is 0.220 e. The van der Waals surface area contributed by atoms with Gasteiger partial charge in [-0.25, -0.2) is 0 Å². The van der Waals surface area contributed by atoms with Crippen LogP contribution >= 0.6 is 11.6 Å². The second-order valence-corrected chi connectivity index (χ2v) is 6.43. The highest BCUT2D eigenvalue weighted by Gasteiger charge is 2.03. The van der Waals surface area contributed by atoms with E-state index in [4.69, 9.17) is 21.1 Å². The lowest BCUT2D eigenvalue weighted by atomic mass is 10.2. The molecule has 0 atom stereocenters. The first kappa shape index (κ1) is 19.1. The zero-order valence-corrected chi connectivity index (χ0v) is 15.4. The van der Waals surface area contributed by atoms with Crippen molar-refractivity contribution in [3.63, 3.8) is 0 Å². The van der Waals surface area contributed by atoms with Crippen molar-refractivity contribution < 1.29 is 14.3 Å². The smallest absolute Gasteiger partial charge is 0.220 e. The molecule has 0 unspecified atom stereocenters. The van der Waals surface area contributed by atoms with E-state index < -0.39 is 0 Å². The SMILES string of the molecule is CC(C)Oc1ccc(CNC(=O)CCCOc2ccc(Cl)cc2)cc1. The molecule has 0 saturated heterocycles. The van der Waals surface area contributed by atoms with Crippen molar-refractivity contribution in [3.05, 3.63) is 59.1 Å². The maximum atomic E-state index is 11.9. The molecule has 0 spiro atoms. The van der Waals surface area contributed by atoms with E-state index in [0.717, 1.165) is 17.1 Å². The Morgan fingerprint density at radius 3 is 2.32 bits per heavy atom. The molecule has 1 N–H and O–H groups in total. The van der Waals surface area contributed by atoms with Gasteiger partial charge in [0.2, 0.25) is 5.91 Å². The molecule has 0 aliphatic rings. The van der Waals surface area contributed by atoms with Crippen LogP contribution in [0.15, 0.2) is 48.5 Å². The van der Waals surface area contributed by atoms with Crippen LogP contribution in [0.1, 0.15) is 32.3 Å². The highest BCUT2D eigenvalue weighted by atomic mass is 35.5. The van der Waals surface area contributed by atoms with E-state index >= 15 is 0 Å². The number of benzene rings is 2.